The number of nitrogens with zero attached hydrogens (tertiary/aromatic N) is 2. The van der Waals surface area contributed by atoms with Gasteiger partial charge in [-0.25, -0.2) is 4.79 Å². The Morgan fingerprint density at radius 3 is 2.53 bits per heavy atom. The molecular weight excluding hydrogens is 333 g/mol. The summed E-state index contributed by atoms with van der Waals surface area (Å²) >= 11 is 3.03. The van der Waals surface area contributed by atoms with Crippen molar-refractivity contribution in [1.29, 1.82) is 0 Å². The number of hydrogen-bond acceptors (Lipinski definition) is 4. The van der Waals surface area contributed by atoms with E-state index in [2.05, 4.69) is 30.5 Å². The van der Waals surface area contributed by atoms with E-state index >= 15 is 0 Å². The van der Waals surface area contributed by atoms with Crippen LogP contribution in [-0.2, 0) is 9.57 Å². The molecule has 1 rings (SSSR count). The molecule has 1 heterocycles. The average Bonchev–Trinajstić information content (AvgIpc) is 2.23. The number of pyridine rings is 1. The lowest BCUT2D eigenvalue weighted by molar-refractivity contribution is -0.326. The molecule has 5 nitrogen and oxygen atoms in total. The lowest BCUT2D eigenvalue weighted by Gasteiger charge is -2.22. The van der Waals surface area contributed by atoms with Crippen LogP contribution in [0, 0.1) is 0 Å². The maximum atomic E-state index is 12.3. The first-order valence-corrected chi connectivity index (χ1v) is 5.85. The Labute approximate surface area is 115 Å². The molecule has 0 atom stereocenters. The minimum Gasteiger partial charge on any atom is -0.445 e. The summed E-state index contributed by atoms with van der Waals surface area (Å²) in [5.41, 5.74) is -0.211. The van der Waals surface area contributed by atoms with Gasteiger partial charge in [0.2, 0.25) is 0 Å². The fourth-order valence-electron chi connectivity index (χ4n) is 1.06. The van der Waals surface area contributed by atoms with Gasteiger partial charge < -0.3 is 4.74 Å². The van der Waals surface area contributed by atoms with Gasteiger partial charge in [0.05, 0.1) is 18.0 Å². The molecule has 0 fully saturated rings. The molecule has 0 saturated heterocycles. The number of hydrogen-bond donors (Lipinski definition) is 0. The van der Waals surface area contributed by atoms with Crippen molar-refractivity contribution in [1.82, 2.24) is 4.98 Å². The summed E-state index contributed by atoms with van der Waals surface area (Å²) in [7, 11) is 0. The SMILES string of the molecule is CC(C)OC(=O)N(OC(F)(F)F)c1cncc(Br)c1. The highest BCUT2D eigenvalue weighted by Gasteiger charge is 2.37. The van der Waals surface area contributed by atoms with E-state index in [4.69, 9.17) is 0 Å². The zero-order chi connectivity index (χ0) is 14.6. The number of carbonyl (C=O) groups is 1. The Balaban J connectivity index is 3.01. The molecule has 0 aliphatic carbocycles. The number of halogens is 4. The van der Waals surface area contributed by atoms with Gasteiger partial charge in [-0.05, 0) is 35.8 Å². The molecule has 9 heteroatoms. The number of ether oxygens (including phenoxy) is 1. The summed E-state index contributed by atoms with van der Waals surface area (Å²) in [6.07, 6.45) is -4.52. The number of aromatic nitrogens is 1. The van der Waals surface area contributed by atoms with Crippen LogP contribution in [0.5, 0.6) is 0 Å². The fraction of sp³-hybridized carbons (Fsp3) is 0.400. The number of amides is 1. The van der Waals surface area contributed by atoms with Crippen LogP contribution >= 0.6 is 15.9 Å². The third kappa shape index (κ3) is 5.43. The van der Waals surface area contributed by atoms with Crippen molar-refractivity contribution in [2.75, 3.05) is 5.06 Å². The Bertz CT molecular complexity index is 454. The van der Waals surface area contributed by atoms with Crippen molar-refractivity contribution in [3.8, 4) is 0 Å². The zero-order valence-electron chi connectivity index (χ0n) is 9.94. The number of carbonyl (C=O) groups excluding carboxylic acids is 1. The molecule has 0 bridgehead atoms. The van der Waals surface area contributed by atoms with Crippen molar-refractivity contribution in [3.05, 3.63) is 22.9 Å². The van der Waals surface area contributed by atoms with Gasteiger partial charge in [0.15, 0.2) is 0 Å². The van der Waals surface area contributed by atoms with Crippen LogP contribution in [0.1, 0.15) is 13.8 Å². The lowest BCUT2D eigenvalue weighted by atomic mass is 10.4. The van der Waals surface area contributed by atoms with Crippen LogP contribution in [0.25, 0.3) is 0 Å². The molecular formula is C10H10BrF3N2O3. The smallest absolute Gasteiger partial charge is 0.445 e. The Kier molecular flexibility index (Phi) is 5.12. The molecule has 0 aliphatic heterocycles. The number of hydroxylamine groups is 1. The second-order valence-corrected chi connectivity index (χ2v) is 4.54. The van der Waals surface area contributed by atoms with E-state index in [0.717, 1.165) is 6.20 Å². The Morgan fingerprint density at radius 2 is 2.05 bits per heavy atom. The second kappa shape index (κ2) is 6.20. The maximum absolute atomic E-state index is 12.3. The van der Waals surface area contributed by atoms with Gasteiger partial charge in [-0.15, -0.1) is 18.2 Å². The summed E-state index contributed by atoms with van der Waals surface area (Å²) in [4.78, 5) is 18.9. The maximum Gasteiger partial charge on any atom is 0.544 e. The van der Waals surface area contributed by atoms with E-state index in [0.29, 0.717) is 4.47 Å². The summed E-state index contributed by atoms with van der Waals surface area (Å²) in [6, 6.07) is 1.24. The van der Waals surface area contributed by atoms with E-state index in [1.807, 2.05) is 0 Å². The highest BCUT2D eigenvalue weighted by molar-refractivity contribution is 9.10. The molecule has 1 amide bonds. The second-order valence-electron chi connectivity index (χ2n) is 3.63. The number of anilines is 1. The quantitative estimate of drug-likeness (QED) is 0.787. The molecule has 0 aliphatic rings. The first kappa shape index (κ1) is 15.7. The standard InChI is InChI=1S/C10H10BrF3N2O3/c1-6(2)18-9(17)16(19-10(12,13)14)8-3-7(11)4-15-5-8/h3-6H,1-2H3. The lowest BCUT2D eigenvalue weighted by Crippen LogP contribution is -2.38. The van der Waals surface area contributed by atoms with E-state index in [-0.39, 0.29) is 10.8 Å². The van der Waals surface area contributed by atoms with Crippen molar-refractivity contribution in [2.24, 2.45) is 0 Å². The highest BCUT2D eigenvalue weighted by Crippen LogP contribution is 2.26. The van der Waals surface area contributed by atoms with Gasteiger partial charge in [0.1, 0.15) is 0 Å². The molecule has 0 spiro atoms. The van der Waals surface area contributed by atoms with Crippen molar-refractivity contribution >= 4 is 27.7 Å². The molecule has 0 N–H and O–H groups in total. The number of rotatable bonds is 3. The predicted octanol–water partition coefficient (Wildman–Crippen LogP) is 3.65. The van der Waals surface area contributed by atoms with E-state index in [1.54, 1.807) is 0 Å². The topological polar surface area (TPSA) is 51.7 Å². The minimum absolute atomic E-state index is 0.00222. The van der Waals surface area contributed by atoms with Crippen LogP contribution in [0.15, 0.2) is 22.9 Å². The van der Waals surface area contributed by atoms with Gasteiger partial charge in [0.25, 0.3) is 0 Å². The summed E-state index contributed by atoms with van der Waals surface area (Å²) < 4.78 is 41.9. The molecule has 0 saturated carbocycles. The third-order valence-electron chi connectivity index (χ3n) is 1.62. The molecule has 0 unspecified atom stereocenters. The van der Waals surface area contributed by atoms with Gasteiger partial charge >= 0.3 is 12.5 Å². The molecule has 0 aromatic carbocycles. The van der Waals surface area contributed by atoms with Crippen molar-refractivity contribution in [2.45, 2.75) is 26.3 Å². The van der Waals surface area contributed by atoms with Crippen molar-refractivity contribution in [3.63, 3.8) is 0 Å². The molecule has 1 aromatic heterocycles. The van der Waals surface area contributed by atoms with Crippen molar-refractivity contribution < 1.29 is 27.5 Å². The van der Waals surface area contributed by atoms with Crippen LogP contribution in [0.3, 0.4) is 0 Å². The van der Waals surface area contributed by atoms with Crippen LogP contribution < -0.4 is 5.06 Å². The average molecular weight is 343 g/mol. The molecule has 19 heavy (non-hydrogen) atoms. The summed E-state index contributed by atoms with van der Waals surface area (Å²) in [5, 5.41) is -0.00222. The Hall–Kier alpha value is -1.35. The summed E-state index contributed by atoms with van der Waals surface area (Å²) in [6.45, 7) is 3.01. The minimum atomic E-state index is -5.03. The first-order chi connectivity index (χ1) is 8.69. The van der Waals surface area contributed by atoms with Crippen LogP contribution in [-0.4, -0.2) is 23.5 Å². The van der Waals surface area contributed by atoms with E-state index < -0.39 is 18.6 Å². The van der Waals surface area contributed by atoms with Gasteiger partial charge in [-0.1, -0.05) is 0 Å². The van der Waals surface area contributed by atoms with Crippen LogP contribution in [0.4, 0.5) is 23.7 Å². The van der Waals surface area contributed by atoms with Gasteiger partial charge in [-0.3, -0.25) is 4.98 Å². The predicted molar refractivity (Wildman–Crippen MR) is 63.2 cm³/mol. The normalized spacial score (nSPS) is 11.5. The number of alkyl halides is 3. The van der Waals surface area contributed by atoms with Gasteiger partial charge in [-0.2, -0.15) is 4.84 Å². The van der Waals surface area contributed by atoms with E-state index in [9.17, 15) is 18.0 Å². The largest absolute Gasteiger partial charge is 0.544 e. The van der Waals surface area contributed by atoms with E-state index in [1.165, 1.54) is 26.1 Å². The molecule has 106 valence electrons. The molecule has 1 aromatic rings. The van der Waals surface area contributed by atoms with Gasteiger partial charge in [0, 0.05) is 10.7 Å². The van der Waals surface area contributed by atoms with Crippen LogP contribution in [0.2, 0.25) is 0 Å². The fourth-order valence-corrected chi connectivity index (χ4v) is 1.41. The Morgan fingerprint density at radius 1 is 1.42 bits per heavy atom. The molecule has 0 radical (unpaired) electrons. The monoisotopic (exact) mass is 342 g/mol. The summed E-state index contributed by atoms with van der Waals surface area (Å²) in [5.74, 6) is 0. The highest BCUT2D eigenvalue weighted by atomic mass is 79.9. The zero-order valence-corrected chi connectivity index (χ0v) is 11.5. The third-order valence-corrected chi connectivity index (χ3v) is 2.06. The first-order valence-electron chi connectivity index (χ1n) is 5.06.